The van der Waals surface area contributed by atoms with E-state index in [1.165, 1.54) is 12.8 Å². The first-order valence-corrected chi connectivity index (χ1v) is 2.56. The number of halogens is 1. The fourth-order valence-corrected chi connectivity index (χ4v) is 0.692. The smallest absolute Gasteiger partial charge is 0.00646 e. The highest BCUT2D eigenvalue weighted by atomic mass is 35.5. The summed E-state index contributed by atoms with van der Waals surface area (Å²) in [5, 5.41) is 0. The van der Waals surface area contributed by atoms with Crippen LogP contribution in [0.25, 0.3) is 0 Å². The molecule has 2 N–H and O–H groups in total. The van der Waals surface area contributed by atoms with E-state index in [-0.39, 0.29) is 12.4 Å². The first-order valence-electron chi connectivity index (χ1n) is 2.56. The van der Waals surface area contributed by atoms with E-state index in [1.807, 2.05) is 0 Å². The Morgan fingerprint density at radius 3 is 1.86 bits per heavy atom. The van der Waals surface area contributed by atoms with Crippen molar-refractivity contribution in [2.75, 3.05) is 0 Å². The molecule has 0 aromatic carbocycles. The predicted octanol–water partition coefficient (Wildman–Crippen LogP) is 1.17. The average molecular weight is 122 g/mol. The fourth-order valence-electron chi connectivity index (χ4n) is 0.692. The molecular formula is C5H12ClN. The van der Waals surface area contributed by atoms with Crippen LogP contribution in [-0.4, -0.2) is 6.04 Å². The van der Waals surface area contributed by atoms with Crippen LogP contribution in [0.1, 0.15) is 19.8 Å². The molecule has 0 amide bonds. The lowest BCUT2D eigenvalue weighted by atomic mass is 9.82. The van der Waals surface area contributed by atoms with Crippen molar-refractivity contribution in [3.05, 3.63) is 0 Å². The Balaban J connectivity index is 0.000000360. The van der Waals surface area contributed by atoms with Crippen LogP contribution >= 0.6 is 12.4 Å². The van der Waals surface area contributed by atoms with E-state index in [1.54, 1.807) is 0 Å². The first-order chi connectivity index (χ1) is 2.80. The van der Waals surface area contributed by atoms with E-state index in [0.29, 0.717) is 6.04 Å². The highest BCUT2D eigenvalue weighted by molar-refractivity contribution is 5.85. The van der Waals surface area contributed by atoms with Gasteiger partial charge in [-0.3, -0.25) is 0 Å². The maximum absolute atomic E-state index is 5.52. The quantitative estimate of drug-likeness (QED) is 0.512. The van der Waals surface area contributed by atoms with Gasteiger partial charge in [-0.25, -0.2) is 0 Å². The molecule has 0 spiro atoms. The van der Waals surface area contributed by atoms with E-state index < -0.39 is 0 Å². The average Bonchev–Trinajstić information content (AvgIpc) is 1.61. The maximum atomic E-state index is 5.52. The van der Waals surface area contributed by atoms with Crippen LogP contribution in [0.3, 0.4) is 0 Å². The minimum Gasteiger partial charge on any atom is -0.327 e. The van der Waals surface area contributed by atoms with Crippen LogP contribution < -0.4 is 5.73 Å². The highest BCUT2D eigenvalue weighted by Crippen LogP contribution is 2.23. The first kappa shape index (κ1) is 7.25. The van der Waals surface area contributed by atoms with Gasteiger partial charge in [0.15, 0.2) is 0 Å². The lowest BCUT2D eigenvalue weighted by Crippen LogP contribution is -2.37. The largest absolute Gasteiger partial charge is 0.327 e. The molecule has 1 saturated carbocycles. The molecule has 1 fully saturated rings. The molecule has 0 radical (unpaired) electrons. The van der Waals surface area contributed by atoms with Gasteiger partial charge in [-0.1, -0.05) is 6.92 Å². The van der Waals surface area contributed by atoms with Gasteiger partial charge in [0.25, 0.3) is 0 Å². The Labute approximate surface area is 50.7 Å². The molecule has 0 aromatic heterocycles. The summed E-state index contributed by atoms with van der Waals surface area (Å²) in [7, 11) is 0. The van der Waals surface area contributed by atoms with Crippen LogP contribution in [0.5, 0.6) is 0 Å². The van der Waals surface area contributed by atoms with Crippen LogP contribution in [0.4, 0.5) is 0 Å². The van der Waals surface area contributed by atoms with Gasteiger partial charge in [0.05, 0.1) is 0 Å². The highest BCUT2D eigenvalue weighted by Gasteiger charge is 2.21. The number of nitrogens with two attached hydrogens (primary N) is 1. The molecule has 2 heteroatoms. The molecule has 1 rings (SSSR count). The number of rotatable bonds is 0. The standard InChI is InChI=1S/C5H11N.ClH/c1-4-2-3-5(4)6;/h4-5H,2-3,6H2,1H3;1H. The summed E-state index contributed by atoms with van der Waals surface area (Å²) in [5.41, 5.74) is 5.52. The molecule has 2 unspecified atom stereocenters. The van der Waals surface area contributed by atoms with Crippen molar-refractivity contribution in [3.8, 4) is 0 Å². The lowest BCUT2D eigenvalue weighted by molar-refractivity contribution is 0.282. The van der Waals surface area contributed by atoms with Crippen molar-refractivity contribution in [2.24, 2.45) is 11.7 Å². The molecule has 1 nitrogen and oxygen atoms in total. The molecule has 0 aliphatic heterocycles. The SMILES string of the molecule is CC1CCC1N.Cl. The zero-order valence-corrected chi connectivity index (χ0v) is 5.37. The van der Waals surface area contributed by atoms with Gasteiger partial charge in [0.1, 0.15) is 0 Å². The zero-order valence-electron chi connectivity index (χ0n) is 4.55. The fraction of sp³-hybridized carbons (Fsp3) is 1.00. The van der Waals surface area contributed by atoms with Gasteiger partial charge in [0, 0.05) is 6.04 Å². The van der Waals surface area contributed by atoms with Crippen LogP contribution in [-0.2, 0) is 0 Å². The second-order valence-electron chi connectivity index (χ2n) is 2.22. The summed E-state index contributed by atoms with van der Waals surface area (Å²) in [6.45, 7) is 2.20. The zero-order chi connectivity index (χ0) is 4.57. The third-order valence-corrected chi connectivity index (χ3v) is 1.69. The van der Waals surface area contributed by atoms with Crippen LogP contribution in [0, 0.1) is 5.92 Å². The van der Waals surface area contributed by atoms with Gasteiger partial charge in [-0.05, 0) is 18.8 Å². The van der Waals surface area contributed by atoms with Gasteiger partial charge in [-0.15, -0.1) is 12.4 Å². The third kappa shape index (κ3) is 1.32. The summed E-state index contributed by atoms with van der Waals surface area (Å²) in [6.07, 6.45) is 2.60. The Kier molecular flexibility index (Phi) is 2.62. The van der Waals surface area contributed by atoms with Crippen molar-refractivity contribution in [1.82, 2.24) is 0 Å². The van der Waals surface area contributed by atoms with Crippen molar-refractivity contribution >= 4 is 12.4 Å². The van der Waals surface area contributed by atoms with E-state index in [9.17, 15) is 0 Å². The molecule has 0 saturated heterocycles. The molecular weight excluding hydrogens is 110 g/mol. The molecule has 1 aliphatic rings. The van der Waals surface area contributed by atoms with Crippen molar-refractivity contribution in [1.29, 1.82) is 0 Å². The minimum atomic E-state index is 0. The Morgan fingerprint density at radius 2 is 1.86 bits per heavy atom. The normalized spacial score (nSPS) is 38.6. The second kappa shape index (κ2) is 2.53. The van der Waals surface area contributed by atoms with Crippen LogP contribution in [0.15, 0.2) is 0 Å². The minimum absolute atomic E-state index is 0. The Bertz CT molecular complexity index is 48.0. The van der Waals surface area contributed by atoms with E-state index in [4.69, 9.17) is 5.73 Å². The molecule has 0 aromatic rings. The number of hydrogen-bond donors (Lipinski definition) is 1. The molecule has 2 atom stereocenters. The number of hydrogen-bond acceptors (Lipinski definition) is 1. The summed E-state index contributed by atoms with van der Waals surface area (Å²) in [5.74, 6) is 0.810. The molecule has 44 valence electrons. The van der Waals surface area contributed by atoms with Crippen molar-refractivity contribution in [3.63, 3.8) is 0 Å². The monoisotopic (exact) mass is 121 g/mol. The summed E-state index contributed by atoms with van der Waals surface area (Å²) < 4.78 is 0. The maximum Gasteiger partial charge on any atom is 0.00646 e. The van der Waals surface area contributed by atoms with E-state index >= 15 is 0 Å². The van der Waals surface area contributed by atoms with Crippen molar-refractivity contribution < 1.29 is 0 Å². The summed E-state index contributed by atoms with van der Waals surface area (Å²) >= 11 is 0. The Morgan fingerprint density at radius 1 is 1.43 bits per heavy atom. The molecule has 0 bridgehead atoms. The summed E-state index contributed by atoms with van der Waals surface area (Å²) in [6, 6.07) is 0.532. The van der Waals surface area contributed by atoms with Gasteiger partial charge >= 0.3 is 0 Å². The summed E-state index contributed by atoms with van der Waals surface area (Å²) in [4.78, 5) is 0. The van der Waals surface area contributed by atoms with E-state index in [2.05, 4.69) is 6.92 Å². The topological polar surface area (TPSA) is 26.0 Å². The molecule has 0 heterocycles. The molecule has 1 aliphatic carbocycles. The van der Waals surface area contributed by atoms with Gasteiger partial charge in [-0.2, -0.15) is 0 Å². The van der Waals surface area contributed by atoms with E-state index in [0.717, 1.165) is 5.92 Å². The Hall–Kier alpha value is 0.250. The molecule has 7 heavy (non-hydrogen) atoms. The van der Waals surface area contributed by atoms with Gasteiger partial charge in [0.2, 0.25) is 0 Å². The predicted molar refractivity (Wildman–Crippen MR) is 33.6 cm³/mol. The van der Waals surface area contributed by atoms with Gasteiger partial charge < -0.3 is 5.73 Å². The second-order valence-corrected chi connectivity index (χ2v) is 2.22. The third-order valence-electron chi connectivity index (χ3n) is 1.69. The lowest BCUT2D eigenvalue weighted by Gasteiger charge is -2.29. The van der Waals surface area contributed by atoms with Crippen LogP contribution in [0.2, 0.25) is 0 Å². The van der Waals surface area contributed by atoms with Crippen molar-refractivity contribution in [2.45, 2.75) is 25.8 Å².